The second kappa shape index (κ2) is 6.91. The highest BCUT2D eigenvalue weighted by Gasteiger charge is 2.15. The summed E-state index contributed by atoms with van der Waals surface area (Å²) in [6, 6.07) is 13.1. The van der Waals surface area contributed by atoms with Gasteiger partial charge in [0.15, 0.2) is 23.1 Å². The van der Waals surface area contributed by atoms with Crippen molar-refractivity contribution in [1.29, 1.82) is 0 Å². The fourth-order valence-corrected chi connectivity index (χ4v) is 2.01. The molecule has 2 N–H and O–H groups in total. The van der Waals surface area contributed by atoms with Gasteiger partial charge < -0.3 is 4.52 Å². The van der Waals surface area contributed by atoms with E-state index >= 15 is 0 Å². The van der Waals surface area contributed by atoms with Crippen LogP contribution in [0.3, 0.4) is 0 Å². The standard InChI is InChI=1S/C17H11F2N3O3/c18-12-7-6-11(8-13(12)19)16(23)20-21-17(24)14-9-15(25-22-14)10-4-2-1-3-5-10/h1-9H,(H,20,23)(H,21,24). The van der Waals surface area contributed by atoms with Crippen LogP contribution in [0.2, 0.25) is 0 Å². The number of carbonyl (C=O) groups is 2. The van der Waals surface area contributed by atoms with Crippen LogP contribution in [-0.4, -0.2) is 17.0 Å². The number of halogens is 2. The number of benzene rings is 2. The Bertz CT molecular complexity index is 926. The zero-order valence-corrected chi connectivity index (χ0v) is 12.6. The second-order valence-corrected chi connectivity index (χ2v) is 4.98. The summed E-state index contributed by atoms with van der Waals surface area (Å²) in [5.41, 5.74) is 4.74. The fraction of sp³-hybridized carbons (Fsp3) is 0. The van der Waals surface area contributed by atoms with Crippen LogP contribution < -0.4 is 10.9 Å². The number of nitrogens with one attached hydrogen (secondary N) is 2. The lowest BCUT2D eigenvalue weighted by atomic mass is 10.1. The van der Waals surface area contributed by atoms with Crippen molar-refractivity contribution in [3.8, 4) is 11.3 Å². The molecular weight excluding hydrogens is 332 g/mol. The van der Waals surface area contributed by atoms with Gasteiger partial charge in [0.2, 0.25) is 0 Å². The monoisotopic (exact) mass is 343 g/mol. The van der Waals surface area contributed by atoms with Gasteiger partial charge in [-0.3, -0.25) is 20.4 Å². The van der Waals surface area contributed by atoms with Crippen molar-refractivity contribution < 1.29 is 22.9 Å². The minimum Gasteiger partial charge on any atom is -0.355 e. The fourth-order valence-electron chi connectivity index (χ4n) is 2.01. The van der Waals surface area contributed by atoms with Crippen LogP contribution >= 0.6 is 0 Å². The second-order valence-electron chi connectivity index (χ2n) is 4.98. The molecule has 0 atom stereocenters. The third-order valence-corrected chi connectivity index (χ3v) is 3.27. The quantitative estimate of drug-likeness (QED) is 0.716. The molecule has 0 bridgehead atoms. The van der Waals surface area contributed by atoms with Crippen molar-refractivity contribution in [2.45, 2.75) is 0 Å². The number of carbonyl (C=O) groups excluding carboxylic acids is 2. The lowest BCUT2D eigenvalue weighted by Crippen LogP contribution is -2.41. The molecule has 8 heteroatoms. The highest BCUT2D eigenvalue weighted by molar-refractivity contribution is 5.98. The molecule has 6 nitrogen and oxygen atoms in total. The maximum Gasteiger partial charge on any atom is 0.291 e. The predicted molar refractivity (Wildman–Crippen MR) is 83.2 cm³/mol. The summed E-state index contributed by atoms with van der Waals surface area (Å²) in [7, 11) is 0. The van der Waals surface area contributed by atoms with Crippen LogP contribution in [0.15, 0.2) is 59.1 Å². The molecule has 126 valence electrons. The molecule has 2 aromatic carbocycles. The minimum atomic E-state index is -1.16. The average molecular weight is 343 g/mol. The summed E-state index contributed by atoms with van der Waals surface area (Å²) in [5.74, 6) is -3.38. The smallest absolute Gasteiger partial charge is 0.291 e. The lowest BCUT2D eigenvalue weighted by molar-refractivity contribution is 0.0841. The Morgan fingerprint density at radius 1 is 0.880 bits per heavy atom. The maximum absolute atomic E-state index is 13.1. The van der Waals surface area contributed by atoms with Crippen molar-refractivity contribution in [3.05, 3.63) is 77.5 Å². The molecule has 1 heterocycles. The van der Waals surface area contributed by atoms with Crippen LogP contribution in [0.4, 0.5) is 8.78 Å². The average Bonchev–Trinajstić information content (AvgIpc) is 3.12. The van der Waals surface area contributed by atoms with Crippen LogP contribution in [0.5, 0.6) is 0 Å². The third kappa shape index (κ3) is 3.69. The molecule has 0 aliphatic carbocycles. The van der Waals surface area contributed by atoms with E-state index < -0.39 is 23.4 Å². The molecule has 3 aromatic rings. The van der Waals surface area contributed by atoms with Gasteiger partial charge in [0.25, 0.3) is 11.8 Å². The SMILES string of the molecule is O=C(NNC(=O)c1cc(-c2ccccc2)on1)c1ccc(F)c(F)c1. The first-order chi connectivity index (χ1) is 12.0. The summed E-state index contributed by atoms with van der Waals surface area (Å²) >= 11 is 0. The number of hydrogen-bond donors (Lipinski definition) is 2. The van der Waals surface area contributed by atoms with E-state index in [9.17, 15) is 18.4 Å². The highest BCUT2D eigenvalue weighted by atomic mass is 19.2. The number of amides is 2. The van der Waals surface area contributed by atoms with E-state index in [1.165, 1.54) is 6.07 Å². The molecule has 0 radical (unpaired) electrons. The molecule has 2 amide bonds. The number of rotatable bonds is 3. The van der Waals surface area contributed by atoms with Gasteiger partial charge in [0, 0.05) is 17.2 Å². The Morgan fingerprint density at radius 2 is 1.60 bits per heavy atom. The molecule has 25 heavy (non-hydrogen) atoms. The summed E-state index contributed by atoms with van der Waals surface area (Å²) in [4.78, 5) is 23.8. The number of hydrazine groups is 1. The van der Waals surface area contributed by atoms with Crippen LogP contribution in [0.1, 0.15) is 20.8 Å². The van der Waals surface area contributed by atoms with Gasteiger partial charge >= 0.3 is 0 Å². The molecule has 0 spiro atoms. The number of hydrogen-bond acceptors (Lipinski definition) is 4. The predicted octanol–water partition coefficient (Wildman–Crippen LogP) is 2.69. The molecule has 0 saturated carbocycles. The van der Waals surface area contributed by atoms with E-state index in [1.54, 1.807) is 24.3 Å². The normalized spacial score (nSPS) is 10.3. The Morgan fingerprint density at radius 3 is 2.32 bits per heavy atom. The van der Waals surface area contributed by atoms with Gasteiger partial charge in [-0.2, -0.15) is 0 Å². The summed E-state index contributed by atoms with van der Waals surface area (Å²) in [6.45, 7) is 0. The Kier molecular flexibility index (Phi) is 4.51. The van der Waals surface area contributed by atoms with Crippen molar-refractivity contribution in [1.82, 2.24) is 16.0 Å². The van der Waals surface area contributed by atoms with Gasteiger partial charge in [-0.1, -0.05) is 35.5 Å². The summed E-state index contributed by atoms with van der Waals surface area (Å²) in [5, 5.41) is 3.62. The van der Waals surface area contributed by atoms with E-state index in [-0.39, 0.29) is 11.3 Å². The first-order valence-electron chi connectivity index (χ1n) is 7.12. The number of nitrogens with zero attached hydrogens (tertiary/aromatic N) is 1. The van der Waals surface area contributed by atoms with E-state index in [4.69, 9.17) is 4.52 Å². The van der Waals surface area contributed by atoms with E-state index in [1.807, 2.05) is 6.07 Å². The van der Waals surface area contributed by atoms with Gasteiger partial charge in [0.05, 0.1) is 0 Å². The summed E-state index contributed by atoms with van der Waals surface area (Å²) < 4.78 is 31.0. The largest absolute Gasteiger partial charge is 0.355 e. The molecule has 0 unspecified atom stereocenters. The zero-order chi connectivity index (χ0) is 17.8. The number of aromatic nitrogens is 1. The van der Waals surface area contributed by atoms with Crippen molar-refractivity contribution in [3.63, 3.8) is 0 Å². The minimum absolute atomic E-state index is 0.0514. The Hall–Kier alpha value is -3.55. The summed E-state index contributed by atoms with van der Waals surface area (Å²) in [6.07, 6.45) is 0. The van der Waals surface area contributed by atoms with Gasteiger partial charge in [-0.25, -0.2) is 8.78 Å². The topological polar surface area (TPSA) is 84.2 Å². The van der Waals surface area contributed by atoms with Crippen molar-refractivity contribution in [2.24, 2.45) is 0 Å². The maximum atomic E-state index is 13.1. The van der Waals surface area contributed by atoms with E-state index in [2.05, 4.69) is 16.0 Å². The highest BCUT2D eigenvalue weighted by Crippen LogP contribution is 2.19. The van der Waals surface area contributed by atoms with E-state index in [0.29, 0.717) is 5.76 Å². The Balaban J connectivity index is 1.64. The molecule has 0 aliphatic heterocycles. The van der Waals surface area contributed by atoms with Gasteiger partial charge in [-0.05, 0) is 18.2 Å². The molecule has 0 saturated heterocycles. The molecular formula is C17H11F2N3O3. The van der Waals surface area contributed by atoms with Crippen LogP contribution in [0, 0.1) is 11.6 Å². The molecule has 1 aromatic heterocycles. The first-order valence-corrected chi connectivity index (χ1v) is 7.12. The molecule has 0 aliphatic rings. The lowest BCUT2D eigenvalue weighted by Gasteiger charge is -2.05. The zero-order valence-electron chi connectivity index (χ0n) is 12.6. The van der Waals surface area contributed by atoms with Gasteiger partial charge in [0.1, 0.15) is 0 Å². The van der Waals surface area contributed by atoms with Crippen LogP contribution in [0.25, 0.3) is 11.3 Å². The van der Waals surface area contributed by atoms with Crippen molar-refractivity contribution in [2.75, 3.05) is 0 Å². The van der Waals surface area contributed by atoms with Crippen LogP contribution in [-0.2, 0) is 0 Å². The molecule has 0 fully saturated rings. The van der Waals surface area contributed by atoms with Crippen molar-refractivity contribution >= 4 is 11.8 Å². The first kappa shape index (κ1) is 16.3. The van der Waals surface area contributed by atoms with Gasteiger partial charge in [-0.15, -0.1) is 0 Å². The third-order valence-electron chi connectivity index (χ3n) is 3.27. The van der Waals surface area contributed by atoms with E-state index in [0.717, 1.165) is 23.8 Å². The Labute approximate surface area is 140 Å². The molecule has 3 rings (SSSR count).